The highest BCUT2D eigenvalue weighted by atomic mass is 16.6. The molecule has 1 saturated heterocycles. The van der Waals surface area contributed by atoms with Crippen molar-refractivity contribution in [3.63, 3.8) is 0 Å². The van der Waals surface area contributed by atoms with Gasteiger partial charge in [-0.25, -0.2) is 4.79 Å². The number of pyridine rings is 1. The predicted molar refractivity (Wildman–Crippen MR) is 103 cm³/mol. The van der Waals surface area contributed by atoms with Crippen LogP contribution in [0.1, 0.15) is 24.2 Å². The van der Waals surface area contributed by atoms with Crippen molar-refractivity contribution in [2.24, 2.45) is 5.92 Å². The van der Waals surface area contributed by atoms with Gasteiger partial charge in [0.25, 0.3) is 0 Å². The molecule has 1 fully saturated rings. The zero-order chi connectivity index (χ0) is 21.6. The average Bonchev–Trinajstić information content (AvgIpc) is 2.66. The molecule has 1 atom stereocenters. The van der Waals surface area contributed by atoms with Gasteiger partial charge >= 0.3 is 17.2 Å². The third-order valence-corrected chi connectivity index (χ3v) is 4.37. The van der Waals surface area contributed by atoms with E-state index in [-0.39, 0.29) is 18.2 Å². The zero-order valence-corrected chi connectivity index (χ0v) is 16.8. The van der Waals surface area contributed by atoms with Crippen LogP contribution < -0.4 is 10.9 Å². The number of morpholine rings is 1. The lowest BCUT2D eigenvalue weighted by Gasteiger charge is -2.33. The molecule has 2 heterocycles. The monoisotopic (exact) mass is 410 g/mol. The molecule has 0 saturated carbocycles. The number of carbonyl (C=O) groups is 2. The summed E-state index contributed by atoms with van der Waals surface area (Å²) in [6.45, 7) is 7.07. The fourth-order valence-electron chi connectivity index (χ4n) is 3.12. The van der Waals surface area contributed by atoms with E-state index in [1.165, 1.54) is 0 Å². The normalized spacial score (nSPS) is 17.2. The van der Waals surface area contributed by atoms with Crippen molar-refractivity contribution in [1.29, 1.82) is 0 Å². The number of hydrogen-bond donors (Lipinski definition) is 1. The third kappa shape index (κ3) is 6.36. The van der Waals surface area contributed by atoms with Gasteiger partial charge < -0.3 is 14.8 Å². The molecule has 1 aliphatic heterocycles. The van der Waals surface area contributed by atoms with Gasteiger partial charge in [-0.05, 0) is 5.92 Å². The van der Waals surface area contributed by atoms with E-state index in [0.717, 1.165) is 37.0 Å². The van der Waals surface area contributed by atoms with Gasteiger partial charge in [0.2, 0.25) is 5.91 Å². The van der Waals surface area contributed by atoms with Crippen LogP contribution in [0.4, 0.5) is 5.69 Å². The van der Waals surface area contributed by atoms with E-state index in [1.54, 1.807) is 0 Å². The third-order valence-electron chi connectivity index (χ3n) is 4.37. The number of methoxy groups -OCH3 is 1. The van der Waals surface area contributed by atoms with Crippen molar-refractivity contribution in [1.82, 2.24) is 14.8 Å². The summed E-state index contributed by atoms with van der Waals surface area (Å²) in [5.41, 5.74) is -1.97. The van der Waals surface area contributed by atoms with Crippen LogP contribution in [0.3, 0.4) is 0 Å². The second-order valence-corrected chi connectivity index (χ2v) is 7.25. The van der Waals surface area contributed by atoms with Gasteiger partial charge in [0, 0.05) is 38.4 Å². The van der Waals surface area contributed by atoms with Crippen LogP contribution in [0, 0.1) is 16.0 Å². The van der Waals surface area contributed by atoms with Crippen LogP contribution in [0.5, 0.6) is 0 Å². The van der Waals surface area contributed by atoms with Crippen LogP contribution >= 0.6 is 0 Å². The van der Waals surface area contributed by atoms with Crippen molar-refractivity contribution in [2.45, 2.75) is 26.5 Å². The number of nitro groups is 1. The molecule has 1 aromatic rings. The summed E-state index contributed by atoms with van der Waals surface area (Å²) in [6.07, 6.45) is 0.890. The molecular formula is C18H26N4O7. The first-order chi connectivity index (χ1) is 13.7. The molecule has 1 aliphatic rings. The fraction of sp³-hybridized carbons (Fsp3) is 0.611. The minimum atomic E-state index is -0.977. The first-order valence-electron chi connectivity index (χ1n) is 9.29. The summed E-state index contributed by atoms with van der Waals surface area (Å²) >= 11 is 0. The molecule has 0 bridgehead atoms. The van der Waals surface area contributed by atoms with Crippen LogP contribution in [0.25, 0.3) is 0 Å². The van der Waals surface area contributed by atoms with Gasteiger partial charge in [0.05, 0.1) is 30.3 Å². The highest BCUT2D eigenvalue weighted by molar-refractivity contribution is 5.89. The molecule has 0 radical (unpaired) electrons. The van der Waals surface area contributed by atoms with E-state index in [0.29, 0.717) is 19.1 Å². The number of esters is 1. The van der Waals surface area contributed by atoms with Gasteiger partial charge in [0.1, 0.15) is 6.54 Å². The van der Waals surface area contributed by atoms with E-state index in [2.05, 4.69) is 28.8 Å². The quantitative estimate of drug-likeness (QED) is 0.360. The number of ether oxygens (including phenoxy) is 2. The lowest BCUT2D eigenvalue weighted by molar-refractivity contribution is -0.386. The molecule has 160 valence electrons. The van der Waals surface area contributed by atoms with Crippen LogP contribution in [0.15, 0.2) is 17.1 Å². The van der Waals surface area contributed by atoms with Crippen molar-refractivity contribution >= 4 is 17.6 Å². The maximum absolute atomic E-state index is 12.3. The second-order valence-electron chi connectivity index (χ2n) is 7.25. The summed E-state index contributed by atoms with van der Waals surface area (Å²) in [7, 11) is 1.11. The Kier molecular flexibility index (Phi) is 7.85. The van der Waals surface area contributed by atoms with Gasteiger partial charge in [-0.15, -0.1) is 0 Å². The Morgan fingerprint density at radius 2 is 2.17 bits per heavy atom. The summed E-state index contributed by atoms with van der Waals surface area (Å²) in [5, 5.41) is 13.8. The molecule has 0 spiro atoms. The number of nitrogens with one attached hydrogen (secondary N) is 1. The first kappa shape index (κ1) is 22.5. The number of nitrogens with zero attached hydrogens (tertiary/aromatic N) is 3. The van der Waals surface area contributed by atoms with Crippen LogP contribution in [0.2, 0.25) is 0 Å². The first-order valence-corrected chi connectivity index (χ1v) is 9.29. The molecule has 2 rings (SSSR count). The number of rotatable bonds is 8. The number of carbonyl (C=O) groups excluding carboxylic acids is 2. The van der Waals surface area contributed by atoms with Crippen molar-refractivity contribution < 1.29 is 24.0 Å². The summed E-state index contributed by atoms with van der Waals surface area (Å²) in [6, 6.07) is 0.835. The molecule has 1 unspecified atom stereocenters. The lowest BCUT2D eigenvalue weighted by atomic mass is 10.2. The highest BCUT2D eigenvalue weighted by Crippen LogP contribution is 2.10. The Morgan fingerprint density at radius 3 is 2.79 bits per heavy atom. The smallest absolute Gasteiger partial charge is 0.339 e. The number of amides is 1. The number of hydrogen-bond acceptors (Lipinski definition) is 8. The topological polar surface area (TPSA) is 133 Å². The minimum Gasteiger partial charge on any atom is -0.465 e. The SMILES string of the molecule is COC(=O)c1cc([N+](=O)[O-])c(=O)n(CC(=O)NCC2CN(CC(C)C)CCO2)c1. The minimum absolute atomic E-state index is 0.182. The van der Waals surface area contributed by atoms with E-state index in [4.69, 9.17) is 4.74 Å². The van der Waals surface area contributed by atoms with Crippen molar-refractivity contribution in [3.05, 3.63) is 38.3 Å². The molecule has 1 N–H and O–H groups in total. The molecule has 11 nitrogen and oxygen atoms in total. The maximum atomic E-state index is 12.3. The van der Waals surface area contributed by atoms with Crippen molar-refractivity contribution in [2.75, 3.05) is 39.9 Å². The lowest BCUT2D eigenvalue weighted by Crippen LogP contribution is -2.48. The molecule has 29 heavy (non-hydrogen) atoms. The van der Waals surface area contributed by atoms with Crippen LogP contribution in [-0.2, 0) is 20.8 Å². The summed E-state index contributed by atoms with van der Waals surface area (Å²) in [5.74, 6) is -0.843. The maximum Gasteiger partial charge on any atom is 0.339 e. The second kappa shape index (κ2) is 10.1. The Bertz CT molecular complexity index is 821. The Labute approximate surface area is 167 Å². The summed E-state index contributed by atoms with van der Waals surface area (Å²) < 4.78 is 11.0. The van der Waals surface area contributed by atoms with Crippen molar-refractivity contribution in [3.8, 4) is 0 Å². The Morgan fingerprint density at radius 1 is 1.45 bits per heavy atom. The molecule has 11 heteroatoms. The zero-order valence-electron chi connectivity index (χ0n) is 16.8. The Hall–Kier alpha value is -2.79. The average molecular weight is 410 g/mol. The van der Waals surface area contributed by atoms with Gasteiger partial charge in [-0.3, -0.25) is 29.2 Å². The van der Waals surface area contributed by atoms with E-state index in [1.807, 2.05) is 0 Å². The number of aromatic nitrogens is 1. The van der Waals surface area contributed by atoms with Gasteiger partial charge in [-0.1, -0.05) is 13.8 Å². The predicted octanol–water partition coefficient (Wildman–Crippen LogP) is 0.0161. The molecule has 0 aliphatic carbocycles. The standard InChI is InChI=1S/C18H26N4O7/c1-12(2)8-20-4-5-29-14(10-20)7-19-16(23)11-21-9-13(18(25)28-3)6-15(17(21)24)22(26)27/h6,9,12,14H,4-5,7-8,10-11H2,1-3H3,(H,19,23). The van der Waals surface area contributed by atoms with E-state index < -0.39 is 34.6 Å². The summed E-state index contributed by atoms with van der Waals surface area (Å²) in [4.78, 5) is 48.6. The highest BCUT2D eigenvalue weighted by Gasteiger charge is 2.23. The van der Waals surface area contributed by atoms with E-state index in [9.17, 15) is 24.5 Å². The van der Waals surface area contributed by atoms with Crippen LogP contribution in [-0.4, -0.2) is 72.3 Å². The molecular weight excluding hydrogens is 384 g/mol. The Balaban J connectivity index is 2.03. The van der Waals surface area contributed by atoms with E-state index >= 15 is 0 Å². The van der Waals surface area contributed by atoms with Gasteiger partial charge in [-0.2, -0.15) is 0 Å². The van der Waals surface area contributed by atoms with Gasteiger partial charge in [0.15, 0.2) is 0 Å². The fourth-order valence-corrected chi connectivity index (χ4v) is 3.12. The molecule has 1 amide bonds. The largest absolute Gasteiger partial charge is 0.465 e. The molecule has 0 aromatic carbocycles. The molecule has 1 aromatic heterocycles.